The average Bonchev–Trinajstić information content (AvgIpc) is 2.55. The molecule has 1 saturated heterocycles. The Labute approximate surface area is 133 Å². The van der Waals surface area contributed by atoms with E-state index in [0.717, 1.165) is 17.3 Å². The Morgan fingerprint density at radius 1 is 0.952 bits per heavy atom. The van der Waals surface area contributed by atoms with Crippen LogP contribution in [0.5, 0.6) is 0 Å². The maximum absolute atomic E-state index is 6.19. The monoisotopic (exact) mass is 346 g/mol. The van der Waals surface area contributed by atoms with Crippen molar-refractivity contribution >= 4 is 30.2 Å². The second-order valence-electron chi connectivity index (χ2n) is 6.37. The van der Waals surface area contributed by atoms with Crippen molar-refractivity contribution in [2.24, 2.45) is 5.92 Å². The van der Waals surface area contributed by atoms with Crippen molar-refractivity contribution in [2.45, 2.75) is 43.0 Å². The summed E-state index contributed by atoms with van der Waals surface area (Å²) < 4.78 is 7.75. The molecule has 0 amide bonds. The maximum atomic E-state index is 6.19. The van der Waals surface area contributed by atoms with Gasteiger partial charge in [0.25, 0.3) is 0 Å². The van der Waals surface area contributed by atoms with E-state index in [1.54, 1.807) is 4.46 Å². The number of rotatable bonds is 2. The molecule has 2 aromatic rings. The fourth-order valence-electron chi connectivity index (χ4n) is 3.86. The summed E-state index contributed by atoms with van der Waals surface area (Å²) in [4.78, 5) is 0.766. The number of fused-ring (bicyclic) bond motifs is 2. The normalized spacial score (nSPS) is 29.2. The molecular weight excluding hydrogens is 323 g/mol. The van der Waals surface area contributed by atoms with Crippen LogP contribution in [-0.2, 0) is 4.74 Å². The number of hydrogen-bond donors (Lipinski definition) is 0. The standard InChI is InChI=1S/C19H22OSe/c1-3-9-17-14(6-1)8-5-11-19(17)21-16-12-15-7-2-4-10-18(15)20-13-16/h1,3,5-6,8-9,11,15-16,18H,2,4,7,10,12-13H2/t15-,16-,18+/m1/s1. The van der Waals surface area contributed by atoms with Crippen molar-refractivity contribution in [3.63, 3.8) is 0 Å². The van der Waals surface area contributed by atoms with Crippen molar-refractivity contribution < 1.29 is 4.74 Å². The third-order valence-electron chi connectivity index (χ3n) is 4.94. The minimum atomic E-state index is 0.531. The molecule has 2 fully saturated rings. The first-order valence-electron chi connectivity index (χ1n) is 8.16. The summed E-state index contributed by atoms with van der Waals surface area (Å²) in [6.07, 6.45) is 7.47. The molecule has 1 aliphatic heterocycles. The molecule has 110 valence electrons. The van der Waals surface area contributed by atoms with Crippen molar-refractivity contribution in [1.29, 1.82) is 0 Å². The fourth-order valence-corrected chi connectivity index (χ4v) is 6.63. The average molecular weight is 345 g/mol. The van der Waals surface area contributed by atoms with E-state index in [9.17, 15) is 0 Å². The predicted molar refractivity (Wildman–Crippen MR) is 89.4 cm³/mol. The third-order valence-corrected chi connectivity index (χ3v) is 7.61. The summed E-state index contributed by atoms with van der Waals surface area (Å²) in [6.45, 7) is 0.990. The molecule has 1 aliphatic carbocycles. The second kappa shape index (κ2) is 6.12. The first kappa shape index (κ1) is 13.8. The van der Waals surface area contributed by atoms with E-state index >= 15 is 0 Å². The van der Waals surface area contributed by atoms with E-state index < -0.39 is 0 Å². The molecule has 0 radical (unpaired) electrons. The molecule has 0 spiro atoms. The van der Waals surface area contributed by atoms with Crippen molar-refractivity contribution in [2.75, 3.05) is 6.61 Å². The number of ether oxygens (including phenoxy) is 1. The van der Waals surface area contributed by atoms with Crippen LogP contribution in [0.1, 0.15) is 32.1 Å². The molecule has 3 atom stereocenters. The molecule has 2 heteroatoms. The molecular formula is C19H22OSe. The van der Waals surface area contributed by atoms with Gasteiger partial charge in [0.2, 0.25) is 0 Å². The third kappa shape index (κ3) is 2.90. The van der Waals surface area contributed by atoms with Crippen LogP contribution in [0.15, 0.2) is 42.5 Å². The van der Waals surface area contributed by atoms with Gasteiger partial charge in [-0.3, -0.25) is 0 Å². The van der Waals surface area contributed by atoms with Gasteiger partial charge >= 0.3 is 133 Å². The van der Waals surface area contributed by atoms with Crippen LogP contribution in [0, 0.1) is 5.92 Å². The van der Waals surface area contributed by atoms with Gasteiger partial charge in [0.1, 0.15) is 0 Å². The van der Waals surface area contributed by atoms with E-state index in [-0.39, 0.29) is 0 Å². The van der Waals surface area contributed by atoms with Gasteiger partial charge in [-0.25, -0.2) is 0 Å². The Kier molecular flexibility index (Phi) is 4.03. The summed E-state index contributed by atoms with van der Waals surface area (Å²) in [5.74, 6) is 0.842. The Hall–Kier alpha value is -0.821. The summed E-state index contributed by atoms with van der Waals surface area (Å²) in [6, 6.07) is 15.6. The first-order chi connectivity index (χ1) is 10.4. The van der Waals surface area contributed by atoms with E-state index in [0.29, 0.717) is 21.1 Å². The topological polar surface area (TPSA) is 9.23 Å². The summed E-state index contributed by atoms with van der Waals surface area (Å²) >= 11 is 0.531. The Morgan fingerprint density at radius 2 is 1.81 bits per heavy atom. The Balaban J connectivity index is 1.52. The van der Waals surface area contributed by atoms with Gasteiger partial charge in [0, 0.05) is 0 Å². The van der Waals surface area contributed by atoms with E-state index in [2.05, 4.69) is 42.5 Å². The van der Waals surface area contributed by atoms with Gasteiger partial charge in [0.05, 0.1) is 0 Å². The molecule has 4 rings (SSSR count). The van der Waals surface area contributed by atoms with Gasteiger partial charge in [-0.1, -0.05) is 0 Å². The zero-order valence-electron chi connectivity index (χ0n) is 12.3. The van der Waals surface area contributed by atoms with Crippen LogP contribution < -0.4 is 4.46 Å². The molecule has 0 unspecified atom stereocenters. The van der Waals surface area contributed by atoms with Crippen LogP contribution in [0.3, 0.4) is 0 Å². The van der Waals surface area contributed by atoms with Crippen molar-refractivity contribution in [3.05, 3.63) is 42.5 Å². The summed E-state index contributed by atoms with van der Waals surface area (Å²) in [5.41, 5.74) is 0. The van der Waals surface area contributed by atoms with Crippen molar-refractivity contribution in [3.8, 4) is 0 Å². The molecule has 1 saturated carbocycles. The number of benzene rings is 2. The molecule has 0 N–H and O–H groups in total. The zero-order valence-corrected chi connectivity index (χ0v) is 14.0. The summed E-state index contributed by atoms with van der Waals surface area (Å²) in [5, 5.41) is 2.83. The quantitative estimate of drug-likeness (QED) is 0.749. The SMILES string of the molecule is c1ccc2c([Se][C@H]3CO[C@H]4CCCC[C@@H]4C3)cccc2c1. The minimum absolute atomic E-state index is 0.531. The summed E-state index contributed by atoms with van der Waals surface area (Å²) in [7, 11) is 0. The Bertz CT molecular complexity index is 618. The Morgan fingerprint density at radius 3 is 2.81 bits per heavy atom. The first-order valence-corrected chi connectivity index (χ1v) is 10.0. The van der Waals surface area contributed by atoms with Gasteiger partial charge in [-0.05, 0) is 0 Å². The van der Waals surface area contributed by atoms with Crippen LogP contribution in [-0.4, -0.2) is 27.7 Å². The molecule has 2 aromatic carbocycles. The van der Waals surface area contributed by atoms with Crippen LogP contribution in [0.25, 0.3) is 10.8 Å². The van der Waals surface area contributed by atoms with E-state index in [4.69, 9.17) is 4.74 Å². The molecule has 1 nitrogen and oxygen atoms in total. The van der Waals surface area contributed by atoms with Crippen LogP contribution >= 0.6 is 0 Å². The van der Waals surface area contributed by atoms with Crippen LogP contribution in [0.2, 0.25) is 4.82 Å². The second-order valence-corrected chi connectivity index (χ2v) is 9.19. The molecule has 0 aromatic heterocycles. The number of hydrogen-bond acceptors (Lipinski definition) is 1. The van der Waals surface area contributed by atoms with E-state index in [1.165, 1.54) is 42.9 Å². The van der Waals surface area contributed by atoms with E-state index in [1.807, 2.05) is 0 Å². The molecule has 21 heavy (non-hydrogen) atoms. The fraction of sp³-hybridized carbons (Fsp3) is 0.474. The molecule has 2 aliphatic rings. The van der Waals surface area contributed by atoms with Gasteiger partial charge in [-0.15, -0.1) is 0 Å². The van der Waals surface area contributed by atoms with Crippen LogP contribution in [0.4, 0.5) is 0 Å². The molecule has 1 heterocycles. The van der Waals surface area contributed by atoms with Gasteiger partial charge in [-0.2, -0.15) is 0 Å². The predicted octanol–water partition coefficient (Wildman–Crippen LogP) is 3.94. The van der Waals surface area contributed by atoms with Crippen molar-refractivity contribution in [1.82, 2.24) is 0 Å². The molecule has 0 bridgehead atoms. The zero-order chi connectivity index (χ0) is 14.1. The van der Waals surface area contributed by atoms with Gasteiger partial charge < -0.3 is 0 Å². The van der Waals surface area contributed by atoms with Gasteiger partial charge in [0.15, 0.2) is 0 Å².